The number of Topliss-reactive ketones (excluding diaryl/α,β-unsaturated/α-hetero) is 1. The van der Waals surface area contributed by atoms with Crippen molar-refractivity contribution in [3.8, 4) is 0 Å². The van der Waals surface area contributed by atoms with Crippen molar-refractivity contribution in [2.24, 2.45) is 4.40 Å². The van der Waals surface area contributed by atoms with Crippen molar-refractivity contribution in [2.75, 3.05) is 0 Å². The highest BCUT2D eigenvalue weighted by atomic mass is 32.2. The third kappa shape index (κ3) is 1.80. The Bertz CT molecular complexity index is 326. The Hall–Kier alpha value is -1.09. The van der Waals surface area contributed by atoms with Crippen molar-refractivity contribution in [1.82, 2.24) is 0 Å². The van der Waals surface area contributed by atoms with Gasteiger partial charge in [-0.15, -0.1) is 0 Å². The fourth-order valence-electron chi connectivity index (χ4n) is 1.24. The van der Waals surface area contributed by atoms with E-state index in [0.717, 1.165) is 12.0 Å². The van der Waals surface area contributed by atoms with Crippen molar-refractivity contribution in [1.29, 1.82) is 0 Å². The number of hydrogen-bond donors (Lipinski definition) is 0. The van der Waals surface area contributed by atoms with E-state index < -0.39 is 0 Å². The van der Waals surface area contributed by atoms with Crippen molar-refractivity contribution in [3.63, 3.8) is 0 Å². The van der Waals surface area contributed by atoms with Crippen LogP contribution in [0.3, 0.4) is 0 Å². The van der Waals surface area contributed by atoms with Crippen LogP contribution in [0, 0.1) is 0 Å². The second-order valence-electron chi connectivity index (χ2n) is 2.85. The number of ketones is 1. The van der Waals surface area contributed by atoms with Crippen molar-refractivity contribution < 1.29 is 4.79 Å². The summed E-state index contributed by atoms with van der Waals surface area (Å²) >= 11 is 1.37. The van der Waals surface area contributed by atoms with Gasteiger partial charge < -0.3 is 0 Å². The van der Waals surface area contributed by atoms with Gasteiger partial charge in [0.15, 0.2) is 5.78 Å². The molecule has 1 aliphatic heterocycles. The normalized spacial score (nSPS) is 20.5. The fourth-order valence-corrected chi connectivity index (χ4v) is 1.96. The lowest BCUT2D eigenvalue weighted by molar-refractivity contribution is 0.0992. The summed E-state index contributed by atoms with van der Waals surface area (Å²) in [7, 11) is 0. The summed E-state index contributed by atoms with van der Waals surface area (Å²) in [4.78, 5) is 11.7. The first-order valence-electron chi connectivity index (χ1n) is 4.15. The van der Waals surface area contributed by atoms with E-state index in [2.05, 4.69) is 4.40 Å². The molecule has 1 unspecified atom stereocenters. The van der Waals surface area contributed by atoms with Crippen LogP contribution in [-0.4, -0.2) is 17.2 Å². The van der Waals surface area contributed by atoms with E-state index in [-0.39, 0.29) is 11.0 Å². The third-order valence-corrected chi connectivity index (χ3v) is 2.86. The molecule has 13 heavy (non-hydrogen) atoms. The van der Waals surface area contributed by atoms with Crippen LogP contribution in [0.15, 0.2) is 34.7 Å². The Morgan fingerprint density at radius 3 is 2.77 bits per heavy atom. The molecule has 0 radical (unpaired) electrons. The molecule has 0 fully saturated rings. The van der Waals surface area contributed by atoms with Crippen LogP contribution >= 0.6 is 11.9 Å². The number of carbonyl (C=O) groups is 1. The van der Waals surface area contributed by atoms with E-state index in [1.165, 1.54) is 11.9 Å². The Morgan fingerprint density at radius 2 is 2.15 bits per heavy atom. The van der Waals surface area contributed by atoms with E-state index in [9.17, 15) is 4.79 Å². The molecule has 1 aromatic rings. The minimum Gasteiger partial charge on any atom is -0.293 e. The molecule has 0 bridgehead atoms. The average molecular weight is 191 g/mol. The average Bonchev–Trinajstić information content (AvgIpc) is 2.71. The van der Waals surface area contributed by atoms with Gasteiger partial charge in [0.05, 0.1) is 5.25 Å². The molecule has 1 heterocycles. The predicted molar refractivity (Wildman–Crippen MR) is 55.3 cm³/mol. The van der Waals surface area contributed by atoms with E-state index in [1.807, 2.05) is 30.3 Å². The summed E-state index contributed by atoms with van der Waals surface area (Å²) in [6, 6.07) is 9.37. The Kier molecular flexibility index (Phi) is 2.45. The smallest absolute Gasteiger partial charge is 0.178 e. The molecule has 1 aliphatic rings. The Balaban J connectivity index is 2.14. The first-order chi connectivity index (χ1) is 6.38. The quantitative estimate of drug-likeness (QED) is 0.530. The van der Waals surface area contributed by atoms with E-state index in [4.69, 9.17) is 0 Å². The van der Waals surface area contributed by atoms with Gasteiger partial charge in [-0.2, -0.15) is 0 Å². The molecule has 0 aliphatic carbocycles. The van der Waals surface area contributed by atoms with Gasteiger partial charge in [0.1, 0.15) is 0 Å². The minimum absolute atomic E-state index is 0.00222. The Labute approximate surface area is 81.2 Å². The maximum absolute atomic E-state index is 11.7. The van der Waals surface area contributed by atoms with Crippen LogP contribution in [0.5, 0.6) is 0 Å². The monoisotopic (exact) mass is 191 g/mol. The van der Waals surface area contributed by atoms with Gasteiger partial charge in [0, 0.05) is 18.2 Å². The predicted octanol–water partition coefficient (Wildman–Crippen LogP) is 2.36. The highest BCUT2D eigenvalue weighted by Gasteiger charge is 2.22. The highest BCUT2D eigenvalue weighted by molar-refractivity contribution is 7.99. The molecule has 0 saturated carbocycles. The highest BCUT2D eigenvalue weighted by Crippen LogP contribution is 2.24. The van der Waals surface area contributed by atoms with Crippen molar-refractivity contribution >= 4 is 23.9 Å². The van der Waals surface area contributed by atoms with Gasteiger partial charge >= 0.3 is 0 Å². The molecule has 0 spiro atoms. The van der Waals surface area contributed by atoms with Crippen LogP contribution in [-0.2, 0) is 0 Å². The van der Waals surface area contributed by atoms with E-state index in [1.54, 1.807) is 6.21 Å². The molecule has 1 aromatic carbocycles. The van der Waals surface area contributed by atoms with Gasteiger partial charge in [0.2, 0.25) is 0 Å². The van der Waals surface area contributed by atoms with E-state index in [0.29, 0.717) is 0 Å². The zero-order valence-corrected chi connectivity index (χ0v) is 7.83. The van der Waals surface area contributed by atoms with Crippen LogP contribution in [0.2, 0.25) is 0 Å². The van der Waals surface area contributed by atoms with Crippen LogP contribution in [0.4, 0.5) is 0 Å². The van der Waals surface area contributed by atoms with Crippen LogP contribution in [0.1, 0.15) is 16.8 Å². The lowest BCUT2D eigenvalue weighted by atomic mass is 10.1. The standard InChI is InChI=1S/C10H9NOS/c12-10(9-6-7-11-13-9)8-4-2-1-3-5-8/h1-5,7,9H,6H2. The van der Waals surface area contributed by atoms with Crippen molar-refractivity contribution in [3.05, 3.63) is 35.9 Å². The van der Waals surface area contributed by atoms with Gasteiger partial charge in [-0.1, -0.05) is 30.3 Å². The summed E-state index contributed by atoms with van der Waals surface area (Å²) in [5.41, 5.74) is 0.783. The third-order valence-electron chi connectivity index (χ3n) is 1.93. The zero-order valence-electron chi connectivity index (χ0n) is 7.01. The topological polar surface area (TPSA) is 29.4 Å². The summed E-state index contributed by atoms with van der Waals surface area (Å²) < 4.78 is 3.98. The van der Waals surface area contributed by atoms with Crippen molar-refractivity contribution in [2.45, 2.75) is 11.7 Å². The van der Waals surface area contributed by atoms with E-state index >= 15 is 0 Å². The fraction of sp³-hybridized carbons (Fsp3) is 0.200. The molecule has 3 heteroatoms. The first kappa shape index (κ1) is 8.51. The molecule has 0 aromatic heterocycles. The van der Waals surface area contributed by atoms with Gasteiger partial charge in [-0.25, -0.2) is 4.40 Å². The summed E-state index contributed by atoms with van der Waals surface area (Å²) in [5, 5.41) is 0.00222. The molecular formula is C10H9NOS. The maximum Gasteiger partial charge on any atom is 0.178 e. The maximum atomic E-state index is 11.7. The van der Waals surface area contributed by atoms with Gasteiger partial charge in [-0.05, 0) is 11.9 Å². The lowest BCUT2D eigenvalue weighted by Gasteiger charge is -2.04. The zero-order chi connectivity index (χ0) is 9.10. The SMILES string of the molecule is O=C(c1ccccc1)C1CC=NS1. The number of nitrogens with zero attached hydrogens (tertiary/aromatic N) is 1. The second-order valence-corrected chi connectivity index (χ2v) is 3.84. The molecule has 0 N–H and O–H groups in total. The molecule has 0 amide bonds. The Morgan fingerprint density at radius 1 is 1.38 bits per heavy atom. The number of carbonyl (C=O) groups excluding carboxylic acids is 1. The summed E-state index contributed by atoms with van der Waals surface area (Å²) in [6.45, 7) is 0. The molecule has 2 nitrogen and oxygen atoms in total. The molecule has 1 atom stereocenters. The second kappa shape index (κ2) is 3.75. The van der Waals surface area contributed by atoms with Gasteiger partial charge in [-0.3, -0.25) is 4.79 Å². The summed E-state index contributed by atoms with van der Waals surface area (Å²) in [5.74, 6) is 0.183. The minimum atomic E-state index is 0.00222. The molecule has 66 valence electrons. The lowest BCUT2D eigenvalue weighted by Crippen LogP contribution is -2.14. The molecule has 0 saturated heterocycles. The number of benzene rings is 1. The van der Waals surface area contributed by atoms with Crippen LogP contribution in [0.25, 0.3) is 0 Å². The molecule has 2 rings (SSSR count). The van der Waals surface area contributed by atoms with Gasteiger partial charge in [0.25, 0.3) is 0 Å². The largest absolute Gasteiger partial charge is 0.293 e. The van der Waals surface area contributed by atoms with Crippen LogP contribution < -0.4 is 0 Å². The summed E-state index contributed by atoms with van der Waals surface area (Å²) in [6.07, 6.45) is 2.56. The molecular weight excluding hydrogens is 182 g/mol. The number of rotatable bonds is 2. The first-order valence-corrected chi connectivity index (χ1v) is 4.98. The number of hydrogen-bond acceptors (Lipinski definition) is 3.